The summed E-state index contributed by atoms with van der Waals surface area (Å²) in [6.07, 6.45) is 7.63. The molecule has 2 nitrogen and oxygen atoms in total. The van der Waals surface area contributed by atoms with Crippen LogP contribution in [0.3, 0.4) is 0 Å². The summed E-state index contributed by atoms with van der Waals surface area (Å²) in [5.74, 6) is 0.862. The fraction of sp³-hybridized carbons (Fsp3) is 1.00. The Kier molecular flexibility index (Phi) is 5.07. The Morgan fingerprint density at radius 1 is 1.27 bits per heavy atom. The minimum Gasteiger partial charge on any atom is -0.390 e. The van der Waals surface area contributed by atoms with Crippen molar-refractivity contribution in [2.45, 2.75) is 70.9 Å². The van der Waals surface area contributed by atoms with Crippen molar-refractivity contribution in [3.8, 4) is 0 Å². The standard InChI is InChI=1S/C13H27NO/c1-4-11-7-5-6-8-12(11)14-10-9-13(2,3)15/h11-12,14-15H,4-10H2,1-3H3. The normalized spacial score (nSPS) is 28.0. The van der Waals surface area contributed by atoms with Crippen LogP contribution in [0.1, 0.15) is 59.3 Å². The Bertz CT molecular complexity index is 174. The molecule has 2 N–H and O–H groups in total. The largest absolute Gasteiger partial charge is 0.390 e. The lowest BCUT2D eigenvalue weighted by molar-refractivity contribution is 0.0687. The van der Waals surface area contributed by atoms with Gasteiger partial charge >= 0.3 is 0 Å². The van der Waals surface area contributed by atoms with Gasteiger partial charge in [0.15, 0.2) is 0 Å². The molecule has 2 unspecified atom stereocenters. The van der Waals surface area contributed by atoms with Crippen LogP contribution in [0, 0.1) is 5.92 Å². The van der Waals surface area contributed by atoms with E-state index in [0.717, 1.165) is 18.9 Å². The average Bonchev–Trinajstić information content (AvgIpc) is 2.16. The molecule has 1 rings (SSSR count). The van der Waals surface area contributed by atoms with E-state index in [2.05, 4.69) is 12.2 Å². The van der Waals surface area contributed by atoms with E-state index in [0.29, 0.717) is 6.04 Å². The van der Waals surface area contributed by atoms with Crippen molar-refractivity contribution in [1.29, 1.82) is 0 Å². The molecule has 1 fully saturated rings. The van der Waals surface area contributed by atoms with Gasteiger partial charge in [-0.1, -0.05) is 26.2 Å². The second-order valence-electron chi connectivity index (χ2n) is 5.58. The van der Waals surface area contributed by atoms with Gasteiger partial charge in [0.25, 0.3) is 0 Å². The molecule has 0 aromatic rings. The third-order valence-corrected chi connectivity index (χ3v) is 3.58. The lowest BCUT2D eigenvalue weighted by atomic mass is 9.83. The van der Waals surface area contributed by atoms with Crippen molar-refractivity contribution >= 4 is 0 Å². The highest BCUT2D eigenvalue weighted by molar-refractivity contribution is 4.80. The van der Waals surface area contributed by atoms with E-state index < -0.39 is 5.60 Å². The van der Waals surface area contributed by atoms with Crippen LogP contribution in [0.25, 0.3) is 0 Å². The van der Waals surface area contributed by atoms with E-state index >= 15 is 0 Å². The Hall–Kier alpha value is -0.0800. The minimum absolute atomic E-state index is 0.524. The highest BCUT2D eigenvalue weighted by atomic mass is 16.3. The zero-order valence-electron chi connectivity index (χ0n) is 10.6. The van der Waals surface area contributed by atoms with Gasteiger partial charge in [0, 0.05) is 6.04 Å². The monoisotopic (exact) mass is 213 g/mol. The number of aliphatic hydroxyl groups is 1. The number of nitrogens with one attached hydrogen (secondary N) is 1. The van der Waals surface area contributed by atoms with Crippen molar-refractivity contribution in [3.05, 3.63) is 0 Å². The summed E-state index contributed by atoms with van der Waals surface area (Å²) in [6.45, 7) is 7.00. The first-order chi connectivity index (χ1) is 7.03. The van der Waals surface area contributed by atoms with E-state index in [1.807, 2.05) is 13.8 Å². The van der Waals surface area contributed by atoms with Gasteiger partial charge in [-0.25, -0.2) is 0 Å². The molecule has 1 aliphatic rings. The van der Waals surface area contributed by atoms with E-state index in [-0.39, 0.29) is 0 Å². The second kappa shape index (κ2) is 5.86. The number of hydrogen-bond acceptors (Lipinski definition) is 2. The van der Waals surface area contributed by atoms with E-state index in [1.165, 1.54) is 32.1 Å². The zero-order valence-corrected chi connectivity index (χ0v) is 10.6. The molecule has 0 spiro atoms. The SMILES string of the molecule is CCC1CCCCC1NCCC(C)(C)O. The van der Waals surface area contributed by atoms with Gasteiger partial charge in [0.1, 0.15) is 0 Å². The molecule has 2 heteroatoms. The maximum absolute atomic E-state index is 9.63. The fourth-order valence-corrected chi connectivity index (χ4v) is 2.53. The molecule has 1 saturated carbocycles. The molecule has 0 aliphatic heterocycles. The van der Waals surface area contributed by atoms with E-state index in [4.69, 9.17) is 0 Å². The van der Waals surface area contributed by atoms with Gasteiger partial charge in [-0.2, -0.15) is 0 Å². The molecule has 0 aromatic heterocycles. The molecule has 2 atom stereocenters. The van der Waals surface area contributed by atoms with Gasteiger partial charge in [-0.15, -0.1) is 0 Å². The molecular weight excluding hydrogens is 186 g/mol. The van der Waals surface area contributed by atoms with Gasteiger partial charge in [0.05, 0.1) is 5.60 Å². The Labute approximate surface area is 94.5 Å². The summed E-state index contributed by atoms with van der Waals surface area (Å²) < 4.78 is 0. The Morgan fingerprint density at radius 3 is 2.53 bits per heavy atom. The number of rotatable bonds is 5. The van der Waals surface area contributed by atoms with Crippen molar-refractivity contribution in [2.24, 2.45) is 5.92 Å². The van der Waals surface area contributed by atoms with Gasteiger partial charge < -0.3 is 10.4 Å². The molecule has 1 aliphatic carbocycles. The third kappa shape index (κ3) is 4.98. The first-order valence-corrected chi connectivity index (χ1v) is 6.48. The Balaban J connectivity index is 2.23. The van der Waals surface area contributed by atoms with E-state index in [1.54, 1.807) is 0 Å². The fourth-order valence-electron chi connectivity index (χ4n) is 2.53. The summed E-state index contributed by atoms with van der Waals surface area (Å²) in [5, 5.41) is 13.2. The maximum atomic E-state index is 9.63. The van der Waals surface area contributed by atoms with Crippen LogP contribution < -0.4 is 5.32 Å². The topological polar surface area (TPSA) is 32.3 Å². The highest BCUT2D eigenvalue weighted by Gasteiger charge is 2.23. The van der Waals surface area contributed by atoms with Crippen molar-refractivity contribution in [3.63, 3.8) is 0 Å². The zero-order chi connectivity index (χ0) is 11.3. The van der Waals surface area contributed by atoms with E-state index in [9.17, 15) is 5.11 Å². The molecule has 0 saturated heterocycles. The molecule has 15 heavy (non-hydrogen) atoms. The van der Waals surface area contributed by atoms with Crippen LogP contribution in [0.2, 0.25) is 0 Å². The first-order valence-electron chi connectivity index (χ1n) is 6.48. The minimum atomic E-state index is -0.524. The summed E-state index contributed by atoms with van der Waals surface area (Å²) in [6, 6.07) is 0.700. The average molecular weight is 213 g/mol. The van der Waals surface area contributed by atoms with Gasteiger partial charge in [0.2, 0.25) is 0 Å². The second-order valence-corrected chi connectivity index (χ2v) is 5.58. The quantitative estimate of drug-likeness (QED) is 0.736. The first kappa shape index (κ1) is 13.0. The third-order valence-electron chi connectivity index (χ3n) is 3.58. The smallest absolute Gasteiger partial charge is 0.0603 e. The maximum Gasteiger partial charge on any atom is 0.0603 e. The molecule has 90 valence electrons. The summed E-state index contributed by atoms with van der Waals surface area (Å²) in [5.41, 5.74) is -0.524. The lowest BCUT2D eigenvalue weighted by Crippen LogP contribution is -2.40. The predicted molar refractivity (Wildman–Crippen MR) is 65.0 cm³/mol. The predicted octanol–water partition coefficient (Wildman–Crippen LogP) is 2.71. The molecule has 0 heterocycles. The summed E-state index contributed by atoms with van der Waals surface area (Å²) in [4.78, 5) is 0. The molecule has 0 bridgehead atoms. The van der Waals surface area contributed by atoms with Crippen molar-refractivity contribution in [1.82, 2.24) is 5.32 Å². The summed E-state index contributed by atoms with van der Waals surface area (Å²) >= 11 is 0. The van der Waals surface area contributed by atoms with Crippen molar-refractivity contribution < 1.29 is 5.11 Å². The van der Waals surface area contributed by atoms with Gasteiger partial charge in [-0.05, 0) is 45.6 Å². The van der Waals surface area contributed by atoms with Crippen LogP contribution in [0.4, 0.5) is 0 Å². The lowest BCUT2D eigenvalue weighted by Gasteiger charge is -2.32. The Morgan fingerprint density at radius 2 is 1.93 bits per heavy atom. The van der Waals surface area contributed by atoms with Crippen molar-refractivity contribution in [2.75, 3.05) is 6.54 Å². The van der Waals surface area contributed by atoms with Crippen LogP contribution in [0.5, 0.6) is 0 Å². The summed E-state index contributed by atoms with van der Waals surface area (Å²) in [7, 11) is 0. The molecule has 0 aromatic carbocycles. The highest BCUT2D eigenvalue weighted by Crippen LogP contribution is 2.26. The van der Waals surface area contributed by atoms with Gasteiger partial charge in [-0.3, -0.25) is 0 Å². The van der Waals surface area contributed by atoms with Crippen LogP contribution in [-0.4, -0.2) is 23.3 Å². The van der Waals surface area contributed by atoms with Crippen LogP contribution in [0.15, 0.2) is 0 Å². The molecule has 0 amide bonds. The molecule has 0 radical (unpaired) electrons. The number of hydrogen-bond donors (Lipinski definition) is 2. The van der Waals surface area contributed by atoms with Crippen LogP contribution >= 0.6 is 0 Å². The molecular formula is C13H27NO. The van der Waals surface area contributed by atoms with Crippen LogP contribution in [-0.2, 0) is 0 Å².